The maximum Gasteiger partial charge on any atom is 0.244 e. The SMILES string of the molecule is COc1cc(Cl)cc(C=NNC(=O)Cc2ccc(Br)c3ccccc23)c1O. The van der Waals surface area contributed by atoms with Crippen molar-refractivity contribution in [2.75, 3.05) is 7.11 Å². The number of rotatable bonds is 5. The molecule has 2 N–H and O–H groups in total. The molecule has 0 saturated carbocycles. The summed E-state index contributed by atoms with van der Waals surface area (Å²) in [4.78, 5) is 12.3. The van der Waals surface area contributed by atoms with Crippen molar-refractivity contribution in [2.45, 2.75) is 6.42 Å². The standard InChI is InChI=1S/C20H16BrClN2O3/c1-27-18-10-14(22)8-13(20(18)26)11-23-24-19(25)9-12-6-7-17(21)16-5-3-2-4-15(12)16/h2-8,10-11,26H,9H2,1H3,(H,24,25). The number of hydrogen-bond donors (Lipinski definition) is 2. The van der Waals surface area contributed by atoms with Gasteiger partial charge in [-0.05, 0) is 28.5 Å². The Morgan fingerprint density at radius 1 is 1.26 bits per heavy atom. The van der Waals surface area contributed by atoms with E-state index < -0.39 is 0 Å². The van der Waals surface area contributed by atoms with Crippen molar-refractivity contribution in [3.05, 3.63) is 69.2 Å². The molecule has 27 heavy (non-hydrogen) atoms. The van der Waals surface area contributed by atoms with E-state index in [0.717, 1.165) is 20.8 Å². The number of phenols is 1. The minimum absolute atomic E-state index is 0.0983. The number of carbonyl (C=O) groups is 1. The normalized spacial score (nSPS) is 11.1. The molecule has 0 fully saturated rings. The van der Waals surface area contributed by atoms with Crippen LogP contribution >= 0.6 is 27.5 Å². The van der Waals surface area contributed by atoms with E-state index in [9.17, 15) is 9.90 Å². The van der Waals surface area contributed by atoms with Crippen LogP contribution in [0.25, 0.3) is 10.8 Å². The highest BCUT2D eigenvalue weighted by Crippen LogP contribution is 2.32. The molecule has 0 atom stereocenters. The second-order valence-electron chi connectivity index (χ2n) is 5.77. The molecule has 5 nitrogen and oxygen atoms in total. The van der Waals surface area contributed by atoms with Crippen molar-refractivity contribution in [3.63, 3.8) is 0 Å². The van der Waals surface area contributed by atoms with Crippen LogP contribution in [0.15, 0.2) is 58.1 Å². The molecule has 0 aliphatic heterocycles. The molecule has 0 aliphatic rings. The van der Waals surface area contributed by atoms with Crippen LogP contribution in [-0.4, -0.2) is 24.3 Å². The molecule has 138 valence electrons. The fourth-order valence-corrected chi connectivity index (χ4v) is 3.41. The zero-order valence-corrected chi connectivity index (χ0v) is 16.7. The molecule has 3 rings (SSSR count). The van der Waals surface area contributed by atoms with Gasteiger partial charge in [0.2, 0.25) is 5.91 Å². The van der Waals surface area contributed by atoms with E-state index in [0.29, 0.717) is 10.6 Å². The summed E-state index contributed by atoms with van der Waals surface area (Å²) in [5.41, 5.74) is 3.71. The minimum Gasteiger partial charge on any atom is -0.504 e. The lowest BCUT2D eigenvalue weighted by molar-refractivity contribution is -0.120. The van der Waals surface area contributed by atoms with Crippen molar-refractivity contribution in [1.82, 2.24) is 5.43 Å². The first-order valence-electron chi connectivity index (χ1n) is 8.04. The van der Waals surface area contributed by atoms with Crippen molar-refractivity contribution in [2.24, 2.45) is 5.10 Å². The molecule has 0 saturated heterocycles. The van der Waals surface area contributed by atoms with Gasteiger partial charge >= 0.3 is 0 Å². The lowest BCUT2D eigenvalue weighted by atomic mass is 10.0. The quantitative estimate of drug-likeness (QED) is 0.441. The Morgan fingerprint density at radius 2 is 2.00 bits per heavy atom. The van der Waals surface area contributed by atoms with Gasteiger partial charge in [-0.2, -0.15) is 5.10 Å². The number of methoxy groups -OCH3 is 1. The first-order chi connectivity index (χ1) is 13.0. The zero-order valence-electron chi connectivity index (χ0n) is 14.4. The summed E-state index contributed by atoms with van der Waals surface area (Å²) in [6.07, 6.45) is 1.50. The summed E-state index contributed by atoms with van der Waals surface area (Å²) < 4.78 is 6.01. The van der Waals surface area contributed by atoms with Gasteiger partial charge in [-0.3, -0.25) is 4.79 Å². The highest BCUT2D eigenvalue weighted by molar-refractivity contribution is 9.10. The Bertz CT molecular complexity index is 1040. The molecule has 0 spiro atoms. The molecule has 0 bridgehead atoms. The maximum atomic E-state index is 12.3. The molecule has 1 amide bonds. The van der Waals surface area contributed by atoms with Gasteiger partial charge in [-0.15, -0.1) is 0 Å². The van der Waals surface area contributed by atoms with Gasteiger partial charge in [0, 0.05) is 21.1 Å². The van der Waals surface area contributed by atoms with Crippen molar-refractivity contribution in [1.29, 1.82) is 0 Å². The largest absolute Gasteiger partial charge is 0.504 e. The van der Waals surface area contributed by atoms with Crippen LogP contribution in [0.5, 0.6) is 11.5 Å². The van der Waals surface area contributed by atoms with Crippen LogP contribution in [0.4, 0.5) is 0 Å². The monoisotopic (exact) mass is 446 g/mol. The summed E-state index contributed by atoms with van der Waals surface area (Å²) in [5, 5.41) is 16.4. The second-order valence-corrected chi connectivity index (χ2v) is 7.06. The third-order valence-corrected chi connectivity index (χ3v) is 4.90. The number of amides is 1. The van der Waals surface area contributed by atoms with Gasteiger partial charge in [0.15, 0.2) is 11.5 Å². The highest BCUT2D eigenvalue weighted by atomic mass is 79.9. The predicted molar refractivity (Wildman–Crippen MR) is 111 cm³/mol. The zero-order chi connectivity index (χ0) is 19.4. The maximum absolute atomic E-state index is 12.3. The van der Waals surface area contributed by atoms with Crippen LogP contribution in [0.3, 0.4) is 0 Å². The van der Waals surface area contributed by atoms with Crippen LogP contribution in [-0.2, 0) is 11.2 Å². The first-order valence-corrected chi connectivity index (χ1v) is 9.21. The van der Waals surface area contributed by atoms with Gasteiger partial charge in [0.1, 0.15) is 0 Å². The third-order valence-electron chi connectivity index (χ3n) is 3.99. The molecule has 0 heterocycles. The summed E-state index contributed by atoms with van der Waals surface area (Å²) in [7, 11) is 1.43. The molecule has 0 aliphatic carbocycles. The van der Waals surface area contributed by atoms with E-state index in [-0.39, 0.29) is 23.8 Å². The fraction of sp³-hybridized carbons (Fsp3) is 0.100. The number of phenolic OH excluding ortho intramolecular Hbond substituents is 1. The molecule has 3 aromatic carbocycles. The van der Waals surface area contributed by atoms with Crippen LogP contribution in [0, 0.1) is 0 Å². The number of fused-ring (bicyclic) bond motifs is 1. The molecule has 0 aromatic heterocycles. The van der Waals surface area contributed by atoms with Gasteiger partial charge in [0.05, 0.1) is 19.7 Å². The van der Waals surface area contributed by atoms with Crippen molar-refractivity contribution < 1.29 is 14.6 Å². The molecular weight excluding hydrogens is 432 g/mol. The number of carbonyl (C=O) groups excluding carboxylic acids is 1. The van der Waals surface area contributed by atoms with Crippen LogP contribution < -0.4 is 10.2 Å². The molecule has 7 heteroatoms. The lowest BCUT2D eigenvalue weighted by Gasteiger charge is -2.08. The Balaban J connectivity index is 1.74. The molecular formula is C20H16BrClN2O3. The number of hydrazone groups is 1. The average molecular weight is 448 g/mol. The van der Waals surface area contributed by atoms with E-state index in [1.807, 2.05) is 36.4 Å². The van der Waals surface area contributed by atoms with Crippen molar-refractivity contribution >= 4 is 50.4 Å². The van der Waals surface area contributed by atoms with Crippen LogP contribution in [0.2, 0.25) is 5.02 Å². The Morgan fingerprint density at radius 3 is 2.74 bits per heavy atom. The molecule has 3 aromatic rings. The number of halogens is 2. The van der Waals surface area contributed by atoms with E-state index >= 15 is 0 Å². The van der Waals surface area contributed by atoms with E-state index in [4.69, 9.17) is 16.3 Å². The fourth-order valence-electron chi connectivity index (χ4n) is 2.71. The number of ether oxygens (including phenoxy) is 1. The summed E-state index contributed by atoms with van der Waals surface area (Å²) in [5.74, 6) is -0.136. The van der Waals surface area contributed by atoms with Crippen LogP contribution in [0.1, 0.15) is 11.1 Å². The van der Waals surface area contributed by atoms with Crippen molar-refractivity contribution in [3.8, 4) is 11.5 Å². The first kappa shape index (κ1) is 19.2. The van der Waals surface area contributed by atoms with E-state index in [1.54, 1.807) is 0 Å². The number of nitrogens with zero attached hydrogens (tertiary/aromatic N) is 1. The van der Waals surface area contributed by atoms with Gasteiger partial charge in [0.25, 0.3) is 0 Å². The Labute approximate surface area is 169 Å². The topological polar surface area (TPSA) is 70.9 Å². The van der Waals surface area contributed by atoms with Gasteiger partial charge in [-0.1, -0.05) is 57.9 Å². The third kappa shape index (κ3) is 4.40. The summed E-state index contributed by atoms with van der Waals surface area (Å²) in [6.45, 7) is 0. The number of nitrogens with one attached hydrogen (secondary N) is 1. The second kappa shape index (κ2) is 8.41. The average Bonchev–Trinajstić information content (AvgIpc) is 2.66. The molecule has 0 unspecified atom stereocenters. The molecule has 0 radical (unpaired) electrons. The Kier molecular flexibility index (Phi) is 5.98. The van der Waals surface area contributed by atoms with Gasteiger partial charge in [-0.25, -0.2) is 5.43 Å². The van der Waals surface area contributed by atoms with E-state index in [2.05, 4.69) is 26.5 Å². The highest BCUT2D eigenvalue weighted by Gasteiger charge is 2.10. The predicted octanol–water partition coefficient (Wildman–Crippen LogP) is 4.66. The number of hydrogen-bond acceptors (Lipinski definition) is 4. The minimum atomic E-state index is -0.271. The summed E-state index contributed by atoms with van der Waals surface area (Å²) >= 11 is 9.49. The van der Waals surface area contributed by atoms with Gasteiger partial charge < -0.3 is 9.84 Å². The number of aromatic hydroxyl groups is 1. The smallest absolute Gasteiger partial charge is 0.244 e. The summed E-state index contributed by atoms with van der Waals surface area (Å²) in [6, 6.07) is 14.7. The lowest BCUT2D eigenvalue weighted by Crippen LogP contribution is -2.20. The number of benzene rings is 3. The Hall–Kier alpha value is -2.57. The van der Waals surface area contributed by atoms with E-state index in [1.165, 1.54) is 25.5 Å².